The first-order valence-corrected chi connectivity index (χ1v) is 6.05. The number of likely N-dealkylation sites (N-methyl/N-ethyl adjacent to an activating group) is 1. The Labute approximate surface area is 90.6 Å². The third-order valence-corrected chi connectivity index (χ3v) is 2.40. The number of hydrogen-bond acceptors (Lipinski definition) is 2. The van der Waals surface area contributed by atoms with E-state index in [1.165, 1.54) is 6.42 Å². The minimum atomic E-state index is 0.690. The maximum absolute atomic E-state index is 5.31. The van der Waals surface area contributed by atoms with E-state index < -0.39 is 0 Å². The lowest BCUT2D eigenvalue weighted by atomic mass is 9.96. The lowest BCUT2D eigenvalue weighted by Gasteiger charge is -2.44. The third-order valence-electron chi connectivity index (χ3n) is 2.40. The molecule has 0 spiro atoms. The molecular weight excluding hydrogens is 174 g/mol. The topological polar surface area (TPSA) is 12.5 Å². The molecular formula is C12H29NO. The van der Waals surface area contributed by atoms with Crippen molar-refractivity contribution in [1.29, 1.82) is 0 Å². The van der Waals surface area contributed by atoms with Crippen molar-refractivity contribution < 1.29 is 4.74 Å². The number of rotatable bonds is 3. The van der Waals surface area contributed by atoms with Crippen molar-refractivity contribution in [3.63, 3.8) is 0 Å². The molecule has 0 amide bonds. The fourth-order valence-corrected chi connectivity index (χ4v) is 1.39. The molecule has 0 bridgehead atoms. The van der Waals surface area contributed by atoms with Crippen molar-refractivity contribution in [3.8, 4) is 0 Å². The molecule has 2 nitrogen and oxygen atoms in total. The van der Waals surface area contributed by atoms with Crippen molar-refractivity contribution in [1.82, 2.24) is 4.90 Å². The van der Waals surface area contributed by atoms with Crippen LogP contribution in [-0.2, 0) is 4.74 Å². The van der Waals surface area contributed by atoms with Crippen LogP contribution in [0.4, 0.5) is 0 Å². The van der Waals surface area contributed by atoms with Crippen LogP contribution < -0.4 is 0 Å². The maximum atomic E-state index is 5.31. The molecule has 0 aromatic carbocycles. The summed E-state index contributed by atoms with van der Waals surface area (Å²) < 4.78 is 5.31. The summed E-state index contributed by atoms with van der Waals surface area (Å²) >= 11 is 0. The highest BCUT2D eigenvalue weighted by Gasteiger charge is 2.31. The molecule has 1 fully saturated rings. The van der Waals surface area contributed by atoms with Gasteiger partial charge in [0.25, 0.3) is 0 Å². The van der Waals surface area contributed by atoms with Crippen LogP contribution in [0.3, 0.4) is 0 Å². The van der Waals surface area contributed by atoms with Gasteiger partial charge in [-0.25, -0.2) is 0 Å². The number of likely N-dealkylation sites (tertiary alicyclic amines) is 1. The molecule has 2 unspecified atom stereocenters. The van der Waals surface area contributed by atoms with Crippen LogP contribution in [0.5, 0.6) is 0 Å². The van der Waals surface area contributed by atoms with Crippen molar-refractivity contribution >= 4 is 0 Å². The number of ether oxygens (including phenoxy) is 1. The van der Waals surface area contributed by atoms with Crippen molar-refractivity contribution in [2.75, 3.05) is 20.3 Å². The zero-order valence-corrected chi connectivity index (χ0v) is 11.1. The Bertz CT molecular complexity index is 106. The van der Waals surface area contributed by atoms with Crippen molar-refractivity contribution in [3.05, 3.63) is 0 Å². The monoisotopic (exact) mass is 203 g/mol. The summed E-state index contributed by atoms with van der Waals surface area (Å²) in [6.45, 7) is 14.1. The van der Waals surface area contributed by atoms with Crippen molar-refractivity contribution in [2.45, 2.75) is 60.0 Å². The molecule has 1 heterocycles. The zero-order chi connectivity index (χ0) is 11.6. The third kappa shape index (κ3) is 5.61. The van der Waals surface area contributed by atoms with Gasteiger partial charge >= 0.3 is 0 Å². The summed E-state index contributed by atoms with van der Waals surface area (Å²) in [7, 11) is 2.16. The Balaban J connectivity index is 0. The highest BCUT2D eigenvalue weighted by atomic mass is 16.5. The van der Waals surface area contributed by atoms with Gasteiger partial charge in [-0.15, -0.1) is 0 Å². The molecule has 88 valence electrons. The largest absolute Gasteiger partial charge is 0.380 e. The van der Waals surface area contributed by atoms with Crippen LogP contribution in [0.15, 0.2) is 0 Å². The van der Waals surface area contributed by atoms with Crippen molar-refractivity contribution in [2.24, 2.45) is 0 Å². The van der Waals surface area contributed by atoms with Gasteiger partial charge in [-0.05, 0) is 27.3 Å². The average Bonchev–Trinajstić information content (AvgIpc) is 2.29. The normalized spacial score (nSPS) is 25.1. The van der Waals surface area contributed by atoms with Crippen LogP contribution in [0, 0.1) is 0 Å². The molecule has 2 heteroatoms. The van der Waals surface area contributed by atoms with Gasteiger partial charge in [0.1, 0.15) is 0 Å². The summed E-state index contributed by atoms with van der Waals surface area (Å²) in [5.41, 5.74) is 0. The lowest BCUT2D eigenvalue weighted by molar-refractivity contribution is -0.0110. The lowest BCUT2D eigenvalue weighted by Crippen LogP contribution is -2.53. The minimum Gasteiger partial charge on any atom is -0.380 e. The smallest absolute Gasteiger partial charge is 0.0622 e. The van der Waals surface area contributed by atoms with Gasteiger partial charge in [-0.1, -0.05) is 27.7 Å². The van der Waals surface area contributed by atoms with E-state index in [1.54, 1.807) is 0 Å². The first kappa shape index (κ1) is 16.4. The summed E-state index contributed by atoms with van der Waals surface area (Å²) in [6.07, 6.45) is 1.30. The minimum absolute atomic E-state index is 0.690. The Morgan fingerprint density at radius 1 is 1.21 bits per heavy atom. The van der Waals surface area contributed by atoms with Crippen LogP contribution in [-0.4, -0.2) is 37.2 Å². The molecule has 2 atom stereocenters. The van der Waals surface area contributed by atoms with E-state index in [0.717, 1.165) is 19.3 Å². The molecule has 0 N–H and O–H groups in total. The van der Waals surface area contributed by atoms with Gasteiger partial charge in [-0.3, -0.25) is 4.90 Å². The second-order valence-electron chi connectivity index (χ2n) is 3.06. The second kappa shape index (κ2) is 11.0. The van der Waals surface area contributed by atoms with E-state index in [0.29, 0.717) is 6.04 Å². The van der Waals surface area contributed by atoms with E-state index in [2.05, 4.69) is 18.9 Å². The number of nitrogens with zero attached hydrogens (tertiary/aromatic N) is 1. The maximum Gasteiger partial charge on any atom is 0.0622 e. The summed E-state index contributed by atoms with van der Waals surface area (Å²) in [6, 6.07) is 1.46. The Hall–Kier alpha value is -0.0800. The van der Waals surface area contributed by atoms with Gasteiger partial charge in [0.15, 0.2) is 0 Å². The Morgan fingerprint density at radius 3 is 2.00 bits per heavy atom. The van der Waals surface area contributed by atoms with E-state index in [4.69, 9.17) is 4.74 Å². The fourth-order valence-electron chi connectivity index (χ4n) is 1.39. The average molecular weight is 203 g/mol. The van der Waals surface area contributed by atoms with Gasteiger partial charge in [0, 0.05) is 18.7 Å². The molecule has 0 aromatic heterocycles. The number of hydrogen-bond donors (Lipinski definition) is 0. The molecule has 14 heavy (non-hydrogen) atoms. The molecule has 0 radical (unpaired) electrons. The summed E-state index contributed by atoms with van der Waals surface area (Å²) in [4.78, 5) is 2.37. The zero-order valence-electron chi connectivity index (χ0n) is 11.1. The highest BCUT2D eigenvalue weighted by Crippen LogP contribution is 2.22. The summed E-state index contributed by atoms with van der Waals surface area (Å²) in [5, 5.41) is 0. The molecule has 0 aliphatic carbocycles. The Kier molecular flexibility index (Phi) is 12.8. The standard InChI is InChI=1S/C8H17NO.2C2H6/c1-4-10-6-8-5-7(2)9(8)3;2*1-2/h7-8H,4-6H2,1-3H3;2*1-2H3. The van der Waals surface area contributed by atoms with Crippen LogP contribution in [0.2, 0.25) is 0 Å². The molecule has 1 aliphatic heterocycles. The van der Waals surface area contributed by atoms with E-state index in [1.807, 2.05) is 34.6 Å². The van der Waals surface area contributed by atoms with E-state index in [9.17, 15) is 0 Å². The molecule has 1 saturated heterocycles. The predicted octanol–water partition coefficient (Wildman–Crippen LogP) is 3.17. The second-order valence-corrected chi connectivity index (χ2v) is 3.06. The first-order chi connectivity index (χ1) is 6.75. The molecule has 0 saturated carbocycles. The van der Waals surface area contributed by atoms with Crippen LogP contribution >= 0.6 is 0 Å². The quantitative estimate of drug-likeness (QED) is 0.698. The summed E-state index contributed by atoms with van der Waals surface area (Å²) in [5.74, 6) is 0. The van der Waals surface area contributed by atoms with Crippen LogP contribution in [0.1, 0.15) is 48.0 Å². The van der Waals surface area contributed by atoms with Gasteiger partial charge in [0.05, 0.1) is 6.61 Å². The Morgan fingerprint density at radius 2 is 1.71 bits per heavy atom. The fraction of sp³-hybridized carbons (Fsp3) is 1.00. The van der Waals surface area contributed by atoms with Gasteiger partial charge in [-0.2, -0.15) is 0 Å². The molecule has 1 aliphatic rings. The molecule has 1 rings (SSSR count). The predicted molar refractivity (Wildman–Crippen MR) is 64.8 cm³/mol. The SMILES string of the molecule is CC.CC.CCOCC1CC(C)N1C. The highest BCUT2D eigenvalue weighted by molar-refractivity contribution is 4.86. The first-order valence-electron chi connectivity index (χ1n) is 6.05. The van der Waals surface area contributed by atoms with Crippen LogP contribution in [0.25, 0.3) is 0 Å². The van der Waals surface area contributed by atoms with Gasteiger partial charge in [0.2, 0.25) is 0 Å². The molecule has 0 aromatic rings. The van der Waals surface area contributed by atoms with E-state index in [-0.39, 0.29) is 0 Å². The van der Waals surface area contributed by atoms with E-state index >= 15 is 0 Å². The van der Waals surface area contributed by atoms with Gasteiger partial charge < -0.3 is 4.74 Å².